The zero-order valence-corrected chi connectivity index (χ0v) is 13.0. The SMILES string of the molecule is COC(=O)c1c(C(=O)OC)c2n(c1C(=O)OC)[C@@H](C)COC2=O. The molecule has 2 rings (SSSR count). The van der Waals surface area contributed by atoms with Gasteiger partial charge in [0.1, 0.15) is 29.1 Å². The quantitative estimate of drug-likeness (QED) is 0.586. The van der Waals surface area contributed by atoms with Crippen LogP contribution in [0.4, 0.5) is 0 Å². The largest absolute Gasteiger partial charge is 0.465 e. The number of fused-ring (bicyclic) bond motifs is 1. The first kappa shape index (κ1) is 16.5. The predicted molar refractivity (Wildman–Crippen MR) is 73.4 cm³/mol. The molecule has 1 aliphatic rings. The summed E-state index contributed by atoms with van der Waals surface area (Å²) >= 11 is 0. The zero-order valence-electron chi connectivity index (χ0n) is 13.0. The summed E-state index contributed by atoms with van der Waals surface area (Å²) in [6.07, 6.45) is 0. The van der Waals surface area contributed by atoms with Crippen LogP contribution in [0.25, 0.3) is 0 Å². The highest BCUT2D eigenvalue weighted by atomic mass is 16.5. The predicted octanol–water partition coefficient (Wildman–Crippen LogP) is 0.579. The number of hydrogen-bond acceptors (Lipinski definition) is 8. The zero-order chi connectivity index (χ0) is 17.3. The highest BCUT2D eigenvalue weighted by Gasteiger charge is 2.42. The van der Waals surface area contributed by atoms with E-state index < -0.39 is 29.9 Å². The van der Waals surface area contributed by atoms with Gasteiger partial charge in [-0.3, -0.25) is 0 Å². The van der Waals surface area contributed by atoms with Gasteiger partial charge in [0.2, 0.25) is 0 Å². The van der Waals surface area contributed by atoms with Crippen LogP contribution in [0.1, 0.15) is 54.7 Å². The highest BCUT2D eigenvalue weighted by Crippen LogP contribution is 2.32. The fourth-order valence-corrected chi connectivity index (χ4v) is 2.47. The molecule has 0 unspecified atom stereocenters. The number of aromatic nitrogens is 1. The summed E-state index contributed by atoms with van der Waals surface area (Å²) in [6, 6.07) is -0.487. The van der Waals surface area contributed by atoms with Crippen molar-refractivity contribution in [1.82, 2.24) is 4.57 Å². The molecule has 0 aromatic carbocycles. The van der Waals surface area contributed by atoms with Gasteiger partial charge in [0, 0.05) is 0 Å². The topological polar surface area (TPSA) is 110 Å². The second-order valence-electron chi connectivity index (χ2n) is 4.74. The van der Waals surface area contributed by atoms with Crippen LogP contribution in [0, 0.1) is 0 Å². The van der Waals surface area contributed by atoms with Gasteiger partial charge >= 0.3 is 23.9 Å². The summed E-state index contributed by atoms with van der Waals surface area (Å²) in [5, 5.41) is 0. The fraction of sp³-hybridized carbons (Fsp3) is 0.429. The summed E-state index contributed by atoms with van der Waals surface area (Å²) in [6.45, 7) is 1.64. The molecule has 0 amide bonds. The van der Waals surface area contributed by atoms with E-state index in [1.807, 2.05) is 0 Å². The number of methoxy groups -OCH3 is 3. The minimum Gasteiger partial charge on any atom is -0.465 e. The number of carbonyl (C=O) groups is 4. The Hall–Kier alpha value is -2.84. The average molecular weight is 325 g/mol. The maximum atomic E-state index is 12.1. The van der Waals surface area contributed by atoms with Crippen LogP contribution in [0.3, 0.4) is 0 Å². The molecule has 0 N–H and O–H groups in total. The average Bonchev–Trinajstić information content (AvgIpc) is 2.93. The van der Waals surface area contributed by atoms with Crippen LogP contribution in [-0.2, 0) is 18.9 Å². The minimum absolute atomic E-state index is 0.0221. The van der Waals surface area contributed by atoms with Crippen molar-refractivity contribution in [1.29, 1.82) is 0 Å². The first-order valence-corrected chi connectivity index (χ1v) is 6.59. The maximum absolute atomic E-state index is 12.1. The second kappa shape index (κ2) is 6.11. The van der Waals surface area contributed by atoms with Gasteiger partial charge in [-0.2, -0.15) is 0 Å². The van der Waals surface area contributed by atoms with E-state index in [0.29, 0.717) is 0 Å². The number of nitrogens with zero attached hydrogens (tertiary/aromatic N) is 1. The molecule has 0 bridgehead atoms. The van der Waals surface area contributed by atoms with Crippen LogP contribution < -0.4 is 0 Å². The van der Waals surface area contributed by atoms with Crippen molar-refractivity contribution in [2.24, 2.45) is 0 Å². The number of esters is 4. The maximum Gasteiger partial charge on any atom is 0.355 e. The molecule has 0 saturated carbocycles. The summed E-state index contributed by atoms with van der Waals surface area (Å²) in [7, 11) is 3.29. The molecule has 1 aromatic heterocycles. The number of rotatable bonds is 3. The fourth-order valence-electron chi connectivity index (χ4n) is 2.47. The van der Waals surface area contributed by atoms with E-state index in [0.717, 1.165) is 21.3 Å². The lowest BCUT2D eigenvalue weighted by Crippen LogP contribution is -2.30. The van der Waals surface area contributed by atoms with Gasteiger partial charge in [-0.05, 0) is 6.92 Å². The summed E-state index contributed by atoms with van der Waals surface area (Å²) < 4.78 is 20.2. The van der Waals surface area contributed by atoms with Gasteiger partial charge in [0.25, 0.3) is 0 Å². The normalized spacial score (nSPS) is 16.2. The second-order valence-corrected chi connectivity index (χ2v) is 4.74. The van der Waals surface area contributed by atoms with Crippen LogP contribution in [0.5, 0.6) is 0 Å². The van der Waals surface area contributed by atoms with E-state index >= 15 is 0 Å². The third-order valence-electron chi connectivity index (χ3n) is 3.45. The number of cyclic esters (lactones) is 1. The Labute approximate surface area is 131 Å². The van der Waals surface area contributed by atoms with E-state index in [9.17, 15) is 19.2 Å². The van der Waals surface area contributed by atoms with Crippen molar-refractivity contribution >= 4 is 23.9 Å². The Balaban J connectivity index is 2.94. The van der Waals surface area contributed by atoms with Crippen molar-refractivity contribution in [2.45, 2.75) is 13.0 Å². The first-order valence-electron chi connectivity index (χ1n) is 6.59. The van der Waals surface area contributed by atoms with E-state index in [1.54, 1.807) is 6.92 Å². The third kappa shape index (κ3) is 2.43. The molecule has 0 fully saturated rings. The Morgan fingerprint density at radius 1 is 1.00 bits per heavy atom. The summed E-state index contributed by atoms with van der Waals surface area (Å²) in [5.74, 6) is -3.66. The summed E-state index contributed by atoms with van der Waals surface area (Å²) in [5.41, 5.74) is -1.25. The molecule has 2 heterocycles. The number of carbonyl (C=O) groups excluding carboxylic acids is 4. The molecule has 9 heteroatoms. The minimum atomic E-state index is -0.965. The lowest BCUT2D eigenvalue weighted by atomic mass is 10.1. The highest BCUT2D eigenvalue weighted by molar-refractivity contribution is 6.15. The molecule has 1 aromatic rings. The number of ether oxygens (including phenoxy) is 4. The Kier molecular flexibility index (Phi) is 4.39. The Morgan fingerprint density at radius 3 is 2.04 bits per heavy atom. The van der Waals surface area contributed by atoms with E-state index in [-0.39, 0.29) is 29.1 Å². The van der Waals surface area contributed by atoms with E-state index in [4.69, 9.17) is 4.74 Å². The van der Waals surface area contributed by atoms with Crippen molar-refractivity contribution < 1.29 is 38.1 Å². The van der Waals surface area contributed by atoms with Crippen molar-refractivity contribution in [3.63, 3.8) is 0 Å². The number of hydrogen-bond donors (Lipinski definition) is 0. The standard InChI is InChI=1S/C14H15NO8/c1-6-5-23-14(19)10-8(12(17)21-3)7(11(16)20-2)9(15(6)10)13(18)22-4/h6H,5H2,1-4H3/t6-/m0/s1. The van der Waals surface area contributed by atoms with Crippen LogP contribution in [0.2, 0.25) is 0 Å². The third-order valence-corrected chi connectivity index (χ3v) is 3.45. The first-order chi connectivity index (χ1) is 10.9. The molecule has 0 radical (unpaired) electrons. The van der Waals surface area contributed by atoms with Crippen LogP contribution in [0.15, 0.2) is 0 Å². The van der Waals surface area contributed by atoms with Crippen molar-refractivity contribution in [3.8, 4) is 0 Å². The smallest absolute Gasteiger partial charge is 0.355 e. The molecule has 124 valence electrons. The lowest BCUT2D eigenvalue weighted by molar-refractivity contribution is 0.0345. The molecular formula is C14H15NO8. The molecule has 0 spiro atoms. The van der Waals surface area contributed by atoms with Crippen LogP contribution in [-0.4, -0.2) is 56.4 Å². The van der Waals surface area contributed by atoms with E-state index in [2.05, 4.69) is 14.2 Å². The van der Waals surface area contributed by atoms with Crippen molar-refractivity contribution in [2.75, 3.05) is 27.9 Å². The molecule has 0 aliphatic carbocycles. The van der Waals surface area contributed by atoms with Gasteiger partial charge in [-0.15, -0.1) is 0 Å². The molecule has 1 atom stereocenters. The van der Waals surface area contributed by atoms with Gasteiger partial charge in [0.05, 0.1) is 27.4 Å². The van der Waals surface area contributed by atoms with Gasteiger partial charge in [0.15, 0.2) is 0 Å². The van der Waals surface area contributed by atoms with Crippen LogP contribution >= 0.6 is 0 Å². The molecule has 1 aliphatic heterocycles. The Bertz CT molecular complexity index is 702. The summed E-state index contributed by atoms with van der Waals surface area (Å²) in [4.78, 5) is 48.5. The molecular weight excluding hydrogens is 310 g/mol. The van der Waals surface area contributed by atoms with E-state index in [1.165, 1.54) is 4.57 Å². The monoisotopic (exact) mass is 325 g/mol. The lowest BCUT2D eigenvalue weighted by Gasteiger charge is -2.24. The molecule has 9 nitrogen and oxygen atoms in total. The van der Waals surface area contributed by atoms with Crippen molar-refractivity contribution in [3.05, 3.63) is 22.5 Å². The van der Waals surface area contributed by atoms with Gasteiger partial charge in [-0.1, -0.05) is 0 Å². The Morgan fingerprint density at radius 2 is 1.52 bits per heavy atom. The van der Waals surface area contributed by atoms with Gasteiger partial charge < -0.3 is 23.5 Å². The van der Waals surface area contributed by atoms with Gasteiger partial charge in [-0.25, -0.2) is 19.2 Å². The molecule has 23 heavy (non-hydrogen) atoms. The molecule has 0 saturated heterocycles.